The fourth-order valence-electron chi connectivity index (χ4n) is 3.82. The van der Waals surface area contributed by atoms with Gasteiger partial charge in [0.2, 0.25) is 5.88 Å². The van der Waals surface area contributed by atoms with Gasteiger partial charge in [-0.15, -0.1) is 0 Å². The Bertz CT molecular complexity index is 1090. The molecule has 0 saturated carbocycles. The predicted octanol–water partition coefficient (Wildman–Crippen LogP) is 5.05. The Morgan fingerprint density at radius 1 is 1.03 bits per heavy atom. The van der Waals surface area contributed by atoms with Gasteiger partial charge in [0.25, 0.3) is 0 Å². The molecular formula is C28H36N2O5. The number of esters is 1. The third-order valence-electron chi connectivity index (χ3n) is 5.74. The van der Waals surface area contributed by atoms with E-state index in [1.54, 1.807) is 16.7 Å². The van der Waals surface area contributed by atoms with Gasteiger partial charge in [-0.1, -0.05) is 51.1 Å². The molecule has 0 saturated heterocycles. The lowest BCUT2D eigenvalue weighted by molar-refractivity contribution is -0.158. The standard InChI is InChI=1S/C16H25NO.C12H11NO4/c1-3-12-17(4-2)13-6-5-7-15-8-10-16(14-18)11-9-15;1-2-8-7-9-5-3-4-6-13(9)10(8)17-12(16)11(14)15/h8-11,14H,3-7,12-13H2,1-2H3;3-7H,2H2,1H3,(H,14,15). The number of aryl methyl sites for hydroxylation is 2. The normalized spacial score (nSPS) is 10.6. The van der Waals surface area contributed by atoms with Crippen molar-refractivity contribution in [2.45, 2.75) is 52.9 Å². The number of hydrogen-bond acceptors (Lipinski definition) is 5. The molecule has 3 aromatic rings. The minimum absolute atomic E-state index is 0.274. The first-order chi connectivity index (χ1) is 16.9. The first kappa shape index (κ1) is 27.8. The van der Waals surface area contributed by atoms with Crippen LogP contribution in [0.3, 0.4) is 0 Å². The maximum atomic E-state index is 11.1. The number of carboxylic acid groups (broad SMARTS) is 1. The smallest absolute Gasteiger partial charge is 0.423 e. The van der Waals surface area contributed by atoms with E-state index < -0.39 is 11.9 Å². The van der Waals surface area contributed by atoms with Crippen molar-refractivity contribution >= 4 is 23.7 Å². The van der Waals surface area contributed by atoms with Crippen LogP contribution < -0.4 is 4.74 Å². The van der Waals surface area contributed by atoms with E-state index in [0.29, 0.717) is 6.42 Å². The summed E-state index contributed by atoms with van der Waals surface area (Å²) in [6, 6.07) is 15.3. The second-order valence-corrected chi connectivity index (χ2v) is 8.27. The lowest BCUT2D eigenvalue weighted by Crippen LogP contribution is -2.25. The largest absolute Gasteiger partial charge is 0.473 e. The third kappa shape index (κ3) is 8.68. The van der Waals surface area contributed by atoms with Crippen LogP contribution in [0.1, 0.15) is 61.5 Å². The molecule has 2 aromatic heterocycles. The number of aliphatic carboxylic acids is 1. The monoisotopic (exact) mass is 480 g/mol. The maximum Gasteiger partial charge on any atom is 0.423 e. The number of unbranched alkanes of at least 4 members (excludes halogenated alkanes) is 1. The molecule has 1 N–H and O–H groups in total. The number of benzene rings is 1. The van der Waals surface area contributed by atoms with Crippen LogP contribution in [0.15, 0.2) is 54.7 Å². The van der Waals surface area contributed by atoms with Crippen molar-refractivity contribution in [3.63, 3.8) is 0 Å². The predicted molar refractivity (Wildman–Crippen MR) is 137 cm³/mol. The summed E-state index contributed by atoms with van der Waals surface area (Å²) in [5.74, 6) is -2.60. The van der Waals surface area contributed by atoms with Gasteiger partial charge in [0.1, 0.15) is 6.29 Å². The van der Waals surface area contributed by atoms with Crippen LogP contribution >= 0.6 is 0 Å². The highest BCUT2D eigenvalue weighted by Gasteiger charge is 2.19. The van der Waals surface area contributed by atoms with Crippen molar-refractivity contribution in [1.82, 2.24) is 9.30 Å². The van der Waals surface area contributed by atoms with E-state index in [-0.39, 0.29) is 5.88 Å². The van der Waals surface area contributed by atoms with Crippen molar-refractivity contribution in [2.24, 2.45) is 0 Å². The molecule has 2 heterocycles. The number of nitrogens with zero attached hydrogens (tertiary/aromatic N) is 2. The molecule has 0 bridgehead atoms. The molecule has 0 aliphatic rings. The molecule has 0 unspecified atom stereocenters. The van der Waals surface area contributed by atoms with Gasteiger partial charge in [-0.3, -0.25) is 9.20 Å². The van der Waals surface area contributed by atoms with Gasteiger partial charge in [-0.2, -0.15) is 0 Å². The Morgan fingerprint density at radius 2 is 1.77 bits per heavy atom. The van der Waals surface area contributed by atoms with Gasteiger partial charge in [0.05, 0.1) is 0 Å². The van der Waals surface area contributed by atoms with Crippen LogP contribution in [0, 0.1) is 0 Å². The van der Waals surface area contributed by atoms with E-state index in [9.17, 15) is 14.4 Å². The first-order valence-electron chi connectivity index (χ1n) is 12.2. The van der Waals surface area contributed by atoms with Crippen molar-refractivity contribution < 1.29 is 24.2 Å². The quantitative estimate of drug-likeness (QED) is 0.179. The van der Waals surface area contributed by atoms with Crippen molar-refractivity contribution in [3.05, 3.63) is 71.4 Å². The molecule has 188 valence electrons. The second-order valence-electron chi connectivity index (χ2n) is 8.27. The number of carbonyl (C=O) groups is 3. The fourth-order valence-corrected chi connectivity index (χ4v) is 3.82. The maximum absolute atomic E-state index is 11.1. The molecule has 0 amide bonds. The third-order valence-corrected chi connectivity index (χ3v) is 5.74. The number of aldehydes is 1. The molecule has 1 aromatic carbocycles. The Kier molecular flexibility index (Phi) is 11.7. The van der Waals surface area contributed by atoms with Gasteiger partial charge in [-0.25, -0.2) is 9.59 Å². The van der Waals surface area contributed by atoms with Crippen LogP contribution in [0.2, 0.25) is 0 Å². The van der Waals surface area contributed by atoms with E-state index >= 15 is 0 Å². The van der Waals surface area contributed by atoms with Gasteiger partial charge >= 0.3 is 11.9 Å². The molecule has 0 radical (unpaired) electrons. The Morgan fingerprint density at radius 3 is 2.37 bits per heavy atom. The summed E-state index contributed by atoms with van der Waals surface area (Å²) < 4.78 is 6.53. The van der Waals surface area contributed by atoms with Crippen LogP contribution in [0.4, 0.5) is 0 Å². The molecule has 3 rings (SSSR count). The fraction of sp³-hybridized carbons (Fsp3) is 0.393. The average Bonchev–Trinajstić information content (AvgIpc) is 3.24. The average molecular weight is 481 g/mol. The Balaban J connectivity index is 0.000000247. The molecule has 0 atom stereocenters. The number of carbonyl (C=O) groups excluding carboxylic acids is 2. The summed E-state index contributed by atoms with van der Waals surface area (Å²) in [6.07, 6.45) is 8.10. The summed E-state index contributed by atoms with van der Waals surface area (Å²) in [5.41, 5.74) is 3.75. The highest BCUT2D eigenvalue weighted by atomic mass is 16.6. The topological polar surface area (TPSA) is 88.3 Å². The zero-order valence-corrected chi connectivity index (χ0v) is 20.9. The molecule has 7 nitrogen and oxygen atoms in total. The second kappa shape index (κ2) is 14.7. The lowest BCUT2D eigenvalue weighted by Gasteiger charge is -2.19. The highest BCUT2D eigenvalue weighted by Crippen LogP contribution is 2.24. The summed E-state index contributed by atoms with van der Waals surface area (Å²) in [6.45, 7) is 9.95. The number of aromatic nitrogens is 1. The van der Waals surface area contributed by atoms with Crippen LogP contribution in [-0.2, 0) is 22.4 Å². The summed E-state index contributed by atoms with van der Waals surface area (Å²) in [4.78, 5) is 34.6. The molecule has 0 aliphatic carbocycles. The molecule has 35 heavy (non-hydrogen) atoms. The van der Waals surface area contributed by atoms with E-state index in [1.165, 1.54) is 37.9 Å². The van der Waals surface area contributed by atoms with Crippen molar-refractivity contribution in [2.75, 3.05) is 19.6 Å². The number of hydrogen-bond donors (Lipinski definition) is 1. The summed E-state index contributed by atoms with van der Waals surface area (Å²) in [5, 5.41) is 8.53. The molecule has 0 fully saturated rings. The summed E-state index contributed by atoms with van der Waals surface area (Å²) in [7, 11) is 0. The zero-order chi connectivity index (χ0) is 25.6. The Hall–Kier alpha value is -3.45. The molecule has 0 aliphatic heterocycles. The minimum Gasteiger partial charge on any atom is -0.473 e. The molecule has 7 heteroatoms. The first-order valence-corrected chi connectivity index (χ1v) is 12.2. The highest BCUT2D eigenvalue weighted by molar-refractivity contribution is 6.29. The number of fused-ring (bicyclic) bond motifs is 1. The van der Waals surface area contributed by atoms with Gasteiger partial charge < -0.3 is 14.7 Å². The number of carboxylic acids is 1. The van der Waals surface area contributed by atoms with Crippen molar-refractivity contribution in [3.8, 4) is 5.88 Å². The number of rotatable bonds is 11. The van der Waals surface area contributed by atoms with Crippen LogP contribution in [-0.4, -0.2) is 52.3 Å². The zero-order valence-electron chi connectivity index (χ0n) is 20.9. The Labute approximate surface area is 207 Å². The van der Waals surface area contributed by atoms with Gasteiger partial charge in [-0.05, 0) is 75.5 Å². The number of pyridine rings is 1. The van der Waals surface area contributed by atoms with E-state index in [2.05, 4.69) is 30.9 Å². The van der Waals surface area contributed by atoms with Crippen LogP contribution in [0.25, 0.3) is 5.52 Å². The van der Waals surface area contributed by atoms with E-state index in [0.717, 1.165) is 35.9 Å². The SMILES string of the molecule is CCCN(CC)CCCCc1ccc(C=O)cc1.CCc1cc2ccccn2c1OC(=O)C(=O)O. The molecule has 0 spiro atoms. The van der Waals surface area contributed by atoms with Crippen molar-refractivity contribution in [1.29, 1.82) is 0 Å². The van der Waals surface area contributed by atoms with Gasteiger partial charge in [0, 0.05) is 22.8 Å². The number of ether oxygens (including phenoxy) is 1. The van der Waals surface area contributed by atoms with E-state index in [4.69, 9.17) is 9.84 Å². The minimum atomic E-state index is -1.60. The summed E-state index contributed by atoms with van der Waals surface area (Å²) >= 11 is 0. The van der Waals surface area contributed by atoms with Crippen LogP contribution in [0.5, 0.6) is 5.88 Å². The molecular weight excluding hydrogens is 444 g/mol. The lowest BCUT2D eigenvalue weighted by atomic mass is 10.1. The van der Waals surface area contributed by atoms with E-state index in [1.807, 2.05) is 37.3 Å². The van der Waals surface area contributed by atoms with Gasteiger partial charge in [0.15, 0.2) is 0 Å².